The summed E-state index contributed by atoms with van der Waals surface area (Å²) in [5, 5.41) is 3.93. The number of pyridine rings is 1. The number of amides is 2. The standard InChI is InChI=1S/C17H14N4O3/c1-11-14(15(21-24-11)12-6-3-2-4-7-12)17(23)20-19-16(22)13-8-5-9-18-10-13/h2-10H,1H3,(H,19,22)(H,20,23). The van der Waals surface area contributed by atoms with Crippen LogP contribution in [0.15, 0.2) is 59.4 Å². The molecular formula is C17H14N4O3. The van der Waals surface area contributed by atoms with Gasteiger partial charge in [0.2, 0.25) is 0 Å². The van der Waals surface area contributed by atoms with Gasteiger partial charge in [-0.15, -0.1) is 0 Å². The number of hydrogen-bond donors (Lipinski definition) is 2. The number of hydrazine groups is 1. The number of carbonyl (C=O) groups excluding carboxylic acids is 2. The van der Waals surface area contributed by atoms with Gasteiger partial charge in [0.05, 0.1) is 5.56 Å². The Kier molecular flexibility index (Phi) is 4.33. The minimum Gasteiger partial charge on any atom is -0.360 e. The van der Waals surface area contributed by atoms with Crippen LogP contribution in [0.5, 0.6) is 0 Å². The van der Waals surface area contributed by atoms with E-state index in [1.54, 1.807) is 25.3 Å². The highest BCUT2D eigenvalue weighted by Crippen LogP contribution is 2.24. The summed E-state index contributed by atoms with van der Waals surface area (Å²) in [7, 11) is 0. The molecule has 0 saturated heterocycles. The molecule has 2 amide bonds. The van der Waals surface area contributed by atoms with E-state index in [1.807, 2.05) is 30.3 Å². The van der Waals surface area contributed by atoms with E-state index in [4.69, 9.17) is 4.52 Å². The second kappa shape index (κ2) is 6.74. The zero-order chi connectivity index (χ0) is 16.9. The van der Waals surface area contributed by atoms with Gasteiger partial charge in [0.15, 0.2) is 0 Å². The molecule has 0 unspecified atom stereocenters. The van der Waals surface area contributed by atoms with Crippen molar-refractivity contribution in [2.24, 2.45) is 0 Å². The van der Waals surface area contributed by atoms with Crippen molar-refractivity contribution in [1.82, 2.24) is 21.0 Å². The maximum absolute atomic E-state index is 12.4. The van der Waals surface area contributed by atoms with Crippen LogP contribution < -0.4 is 10.9 Å². The first-order chi connectivity index (χ1) is 11.7. The molecule has 120 valence electrons. The fraction of sp³-hybridized carbons (Fsp3) is 0.0588. The molecule has 2 heterocycles. The number of benzene rings is 1. The van der Waals surface area contributed by atoms with Gasteiger partial charge in [0, 0.05) is 18.0 Å². The number of aryl methyl sites for hydroxylation is 1. The topological polar surface area (TPSA) is 97.1 Å². The summed E-state index contributed by atoms with van der Waals surface area (Å²) in [6.45, 7) is 1.64. The van der Waals surface area contributed by atoms with Crippen LogP contribution in [0.25, 0.3) is 11.3 Å². The van der Waals surface area contributed by atoms with Crippen molar-refractivity contribution in [2.75, 3.05) is 0 Å². The normalized spacial score (nSPS) is 10.2. The van der Waals surface area contributed by atoms with E-state index in [-0.39, 0.29) is 5.56 Å². The number of hydrogen-bond acceptors (Lipinski definition) is 5. The number of rotatable bonds is 3. The minimum atomic E-state index is -0.509. The van der Waals surface area contributed by atoms with Crippen LogP contribution in [0.2, 0.25) is 0 Å². The summed E-state index contributed by atoms with van der Waals surface area (Å²) in [6, 6.07) is 12.4. The fourth-order valence-corrected chi connectivity index (χ4v) is 2.18. The predicted molar refractivity (Wildman–Crippen MR) is 85.8 cm³/mol. The van der Waals surface area contributed by atoms with Crippen molar-refractivity contribution in [2.45, 2.75) is 6.92 Å². The molecule has 2 aromatic heterocycles. The first-order valence-corrected chi connectivity index (χ1v) is 7.19. The number of nitrogens with zero attached hydrogens (tertiary/aromatic N) is 2. The SMILES string of the molecule is Cc1onc(-c2ccccc2)c1C(=O)NNC(=O)c1cccnc1. The molecule has 0 radical (unpaired) electrons. The molecule has 24 heavy (non-hydrogen) atoms. The summed E-state index contributed by atoms with van der Waals surface area (Å²) in [4.78, 5) is 28.2. The highest BCUT2D eigenvalue weighted by molar-refractivity contribution is 6.02. The molecule has 0 aliphatic heterocycles. The summed E-state index contributed by atoms with van der Waals surface area (Å²) in [6.07, 6.45) is 2.96. The van der Waals surface area contributed by atoms with Gasteiger partial charge in [0.25, 0.3) is 11.8 Å². The molecule has 3 rings (SSSR count). The van der Waals surface area contributed by atoms with Crippen molar-refractivity contribution < 1.29 is 14.1 Å². The lowest BCUT2D eigenvalue weighted by atomic mass is 10.1. The first-order valence-electron chi connectivity index (χ1n) is 7.19. The van der Waals surface area contributed by atoms with Crippen molar-refractivity contribution in [3.63, 3.8) is 0 Å². The number of nitrogens with one attached hydrogen (secondary N) is 2. The lowest BCUT2D eigenvalue weighted by Crippen LogP contribution is -2.41. The van der Waals surface area contributed by atoms with E-state index >= 15 is 0 Å². The maximum Gasteiger partial charge on any atom is 0.275 e. The van der Waals surface area contributed by atoms with Crippen LogP contribution in [0.4, 0.5) is 0 Å². The van der Waals surface area contributed by atoms with Crippen LogP contribution in [0, 0.1) is 6.92 Å². The predicted octanol–water partition coefficient (Wildman–Crippen LogP) is 2.12. The molecule has 7 heteroatoms. The second-order valence-corrected chi connectivity index (χ2v) is 4.98. The Labute approximate surface area is 137 Å². The highest BCUT2D eigenvalue weighted by atomic mass is 16.5. The third-order valence-electron chi connectivity index (χ3n) is 3.35. The lowest BCUT2D eigenvalue weighted by Gasteiger charge is -2.07. The van der Waals surface area contributed by atoms with Gasteiger partial charge in [-0.2, -0.15) is 0 Å². The molecule has 2 N–H and O–H groups in total. The highest BCUT2D eigenvalue weighted by Gasteiger charge is 2.22. The van der Waals surface area contributed by atoms with Crippen molar-refractivity contribution in [3.8, 4) is 11.3 Å². The molecule has 0 spiro atoms. The Morgan fingerprint density at radius 1 is 1.00 bits per heavy atom. The second-order valence-electron chi connectivity index (χ2n) is 4.98. The van der Waals surface area contributed by atoms with Gasteiger partial charge in [-0.1, -0.05) is 35.5 Å². The van der Waals surface area contributed by atoms with E-state index in [2.05, 4.69) is 21.0 Å². The minimum absolute atomic E-state index is 0.271. The third-order valence-corrected chi connectivity index (χ3v) is 3.35. The van der Waals surface area contributed by atoms with Crippen molar-refractivity contribution >= 4 is 11.8 Å². The smallest absolute Gasteiger partial charge is 0.275 e. The summed E-state index contributed by atoms with van der Waals surface area (Å²) >= 11 is 0. The third kappa shape index (κ3) is 3.14. The monoisotopic (exact) mass is 322 g/mol. The fourth-order valence-electron chi connectivity index (χ4n) is 2.18. The molecule has 0 aliphatic rings. The zero-order valence-corrected chi connectivity index (χ0v) is 12.8. The molecule has 0 bridgehead atoms. The van der Waals surface area contributed by atoms with E-state index < -0.39 is 11.8 Å². The average molecular weight is 322 g/mol. The number of carbonyl (C=O) groups is 2. The summed E-state index contributed by atoms with van der Waals surface area (Å²) in [5.41, 5.74) is 6.49. The lowest BCUT2D eigenvalue weighted by molar-refractivity contribution is 0.0846. The van der Waals surface area contributed by atoms with Crippen LogP contribution in [-0.2, 0) is 0 Å². The first kappa shape index (κ1) is 15.4. The van der Waals surface area contributed by atoms with Crippen molar-refractivity contribution in [3.05, 3.63) is 71.7 Å². The van der Waals surface area contributed by atoms with Crippen LogP contribution in [0.1, 0.15) is 26.5 Å². The molecule has 0 fully saturated rings. The van der Waals surface area contributed by atoms with Crippen LogP contribution in [-0.4, -0.2) is 22.0 Å². The quantitative estimate of drug-likeness (QED) is 0.720. The molecule has 0 aliphatic carbocycles. The molecular weight excluding hydrogens is 308 g/mol. The Bertz CT molecular complexity index is 860. The average Bonchev–Trinajstić information content (AvgIpc) is 3.02. The van der Waals surface area contributed by atoms with Gasteiger partial charge in [-0.25, -0.2) is 0 Å². The Morgan fingerprint density at radius 3 is 2.46 bits per heavy atom. The van der Waals surface area contributed by atoms with Gasteiger partial charge in [-0.05, 0) is 19.1 Å². The molecule has 7 nitrogen and oxygen atoms in total. The summed E-state index contributed by atoms with van der Waals surface area (Å²) < 4.78 is 5.13. The van der Waals surface area contributed by atoms with Gasteiger partial charge < -0.3 is 4.52 Å². The molecule has 3 aromatic rings. The maximum atomic E-state index is 12.4. The van der Waals surface area contributed by atoms with Crippen LogP contribution in [0.3, 0.4) is 0 Å². The Morgan fingerprint density at radius 2 is 1.75 bits per heavy atom. The van der Waals surface area contributed by atoms with E-state index in [0.717, 1.165) is 5.56 Å². The van der Waals surface area contributed by atoms with E-state index in [1.165, 1.54) is 6.20 Å². The van der Waals surface area contributed by atoms with E-state index in [9.17, 15) is 9.59 Å². The van der Waals surface area contributed by atoms with E-state index in [0.29, 0.717) is 17.0 Å². The molecule has 0 atom stereocenters. The van der Waals surface area contributed by atoms with Gasteiger partial charge in [-0.3, -0.25) is 25.4 Å². The Balaban J connectivity index is 1.77. The summed E-state index contributed by atoms with van der Waals surface area (Å²) in [5.74, 6) is -0.612. The largest absolute Gasteiger partial charge is 0.360 e. The van der Waals surface area contributed by atoms with Crippen molar-refractivity contribution in [1.29, 1.82) is 0 Å². The number of aromatic nitrogens is 2. The molecule has 0 saturated carbocycles. The zero-order valence-electron chi connectivity index (χ0n) is 12.8. The van der Waals surface area contributed by atoms with Crippen LogP contribution >= 0.6 is 0 Å². The Hall–Kier alpha value is -3.48. The van der Waals surface area contributed by atoms with Gasteiger partial charge >= 0.3 is 0 Å². The van der Waals surface area contributed by atoms with Gasteiger partial charge in [0.1, 0.15) is 17.0 Å². The molecule has 1 aromatic carbocycles.